The van der Waals surface area contributed by atoms with E-state index in [0.29, 0.717) is 0 Å². The quantitative estimate of drug-likeness (QED) is 0.282. The molecule has 0 heterocycles. The SMILES string of the molecule is C=C/C(=C\C)c1ccc(-c2cccc(-c3cccc(-c4cccc(F)c4)c3)c2)cc1.CC. The fourth-order valence-electron chi connectivity index (χ4n) is 3.68. The summed E-state index contributed by atoms with van der Waals surface area (Å²) in [6, 6.07) is 32.0. The molecule has 0 atom stereocenters. The summed E-state index contributed by atoms with van der Waals surface area (Å²) in [5, 5.41) is 0. The molecule has 0 saturated heterocycles. The minimum atomic E-state index is -0.221. The third-order valence-electron chi connectivity index (χ3n) is 5.30. The molecule has 4 rings (SSSR count). The first-order valence-corrected chi connectivity index (χ1v) is 11.0. The zero-order chi connectivity index (χ0) is 22.9. The molecule has 0 aliphatic heterocycles. The van der Waals surface area contributed by atoms with E-state index in [1.165, 1.54) is 11.6 Å². The van der Waals surface area contributed by atoms with Crippen LogP contribution < -0.4 is 0 Å². The van der Waals surface area contributed by atoms with Crippen LogP contribution in [0.25, 0.3) is 39.0 Å². The van der Waals surface area contributed by atoms with Crippen LogP contribution in [-0.2, 0) is 0 Å². The van der Waals surface area contributed by atoms with Gasteiger partial charge in [0.2, 0.25) is 0 Å². The van der Waals surface area contributed by atoms with Crippen LogP contribution in [0.2, 0.25) is 0 Å². The molecular weight excluding hydrogens is 391 g/mol. The molecule has 0 unspecified atom stereocenters. The lowest BCUT2D eigenvalue weighted by Crippen LogP contribution is -1.85. The molecular formula is C31H29F. The van der Waals surface area contributed by atoms with Crippen LogP contribution in [0.15, 0.2) is 116 Å². The zero-order valence-corrected chi connectivity index (χ0v) is 19.0. The standard InChI is InChI=1S/C29H23F.C2H6/c1-3-21(4-2)22-14-16-23(17-15-22)24-8-5-9-25(18-24)26-10-6-11-27(19-26)28-12-7-13-29(30)20-28;1-2/h3-20H,1H2,2H3;1-2H3/b21-4+;. The van der Waals surface area contributed by atoms with Crippen molar-refractivity contribution < 1.29 is 4.39 Å². The molecule has 4 aromatic rings. The summed E-state index contributed by atoms with van der Waals surface area (Å²) in [6.45, 7) is 9.90. The topological polar surface area (TPSA) is 0 Å². The van der Waals surface area contributed by atoms with Crippen LogP contribution in [0.3, 0.4) is 0 Å². The number of rotatable bonds is 5. The fraction of sp³-hybridized carbons (Fsp3) is 0.0968. The summed E-state index contributed by atoms with van der Waals surface area (Å²) in [5.41, 5.74) is 8.75. The Morgan fingerprint density at radius 3 is 1.50 bits per heavy atom. The van der Waals surface area contributed by atoms with Gasteiger partial charge in [-0.25, -0.2) is 4.39 Å². The van der Waals surface area contributed by atoms with Crippen molar-refractivity contribution in [2.75, 3.05) is 0 Å². The van der Waals surface area contributed by atoms with Crippen LogP contribution in [0.5, 0.6) is 0 Å². The Morgan fingerprint density at radius 2 is 1.06 bits per heavy atom. The number of halogens is 1. The molecule has 4 aromatic carbocycles. The van der Waals surface area contributed by atoms with E-state index in [2.05, 4.69) is 73.3 Å². The highest BCUT2D eigenvalue weighted by atomic mass is 19.1. The summed E-state index contributed by atoms with van der Waals surface area (Å²) in [4.78, 5) is 0. The van der Waals surface area contributed by atoms with E-state index < -0.39 is 0 Å². The lowest BCUT2D eigenvalue weighted by atomic mass is 9.95. The van der Waals surface area contributed by atoms with Crippen LogP contribution >= 0.6 is 0 Å². The third-order valence-corrected chi connectivity index (χ3v) is 5.30. The van der Waals surface area contributed by atoms with Gasteiger partial charge in [-0.3, -0.25) is 0 Å². The molecule has 0 radical (unpaired) electrons. The average molecular weight is 421 g/mol. The van der Waals surface area contributed by atoms with Gasteiger partial charge in [-0.05, 0) is 75.7 Å². The predicted octanol–water partition coefficient (Wildman–Crippen LogP) is 9.44. The monoisotopic (exact) mass is 420 g/mol. The Kier molecular flexibility index (Phi) is 7.94. The van der Waals surface area contributed by atoms with E-state index >= 15 is 0 Å². The Labute approximate surface area is 191 Å². The van der Waals surface area contributed by atoms with Crippen molar-refractivity contribution in [1.29, 1.82) is 0 Å². The van der Waals surface area contributed by atoms with E-state index in [-0.39, 0.29) is 5.82 Å². The minimum Gasteiger partial charge on any atom is -0.207 e. The number of hydrogen-bond acceptors (Lipinski definition) is 0. The van der Waals surface area contributed by atoms with Crippen LogP contribution in [0.1, 0.15) is 26.3 Å². The molecule has 0 saturated carbocycles. The van der Waals surface area contributed by atoms with Gasteiger partial charge < -0.3 is 0 Å². The Hall–Kier alpha value is -3.71. The van der Waals surface area contributed by atoms with Crippen molar-refractivity contribution in [1.82, 2.24) is 0 Å². The van der Waals surface area contributed by atoms with E-state index in [1.807, 2.05) is 45.0 Å². The van der Waals surface area contributed by atoms with E-state index in [0.717, 1.165) is 39.0 Å². The van der Waals surface area contributed by atoms with Crippen molar-refractivity contribution in [2.24, 2.45) is 0 Å². The maximum atomic E-state index is 13.6. The normalized spacial score (nSPS) is 10.8. The highest BCUT2D eigenvalue weighted by Crippen LogP contribution is 2.30. The van der Waals surface area contributed by atoms with Gasteiger partial charge in [0.25, 0.3) is 0 Å². The van der Waals surface area contributed by atoms with Gasteiger partial charge in [0, 0.05) is 0 Å². The second kappa shape index (κ2) is 11.1. The van der Waals surface area contributed by atoms with Crippen molar-refractivity contribution >= 4 is 5.57 Å². The Balaban J connectivity index is 0.00000141. The molecule has 0 bridgehead atoms. The van der Waals surface area contributed by atoms with Crippen molar-refractivity contribution in [3.63, 3.8) is 0 Å². The number of hydrogen-bond donors (Lipinski definition) is 0. The summed E-state index contributed by atoms with van der Waals surface area (Å²) in [5.74, 6) is -0.221. The van der Waals surface area contributed by atoms with Crippen molar-refractivity contribution in [3.8, 4) is 33.4 Å². The fourth-order valence-corrected chi connectivity index (χ4v) is 3.68. The van der Waals surface area contributed by atoms with Crippen molar-refractivity contribution in [3.05, 3.63) is 127 Å². The van der Waals surface area contributed by atoms with Gasteiger partial charge in [0.05, 0.1) is 0 Å². The van der Waals surface area contributed by atoms with Crippen LogP contribution in [-0.4, -0.2) is 0 Å². The largest absolute Gasteiger partial charge is 0.207 e. The highest BCUT2D eigenvalue weighted by molar-refractivity contribution is 5.79. The third kappa shape index (κ3) is 5.31. The van der Waals surface area contributed by atoms with Gasteiger partial charge in [0.1, 0.15) is 5.82 Å². The predicted molar refractivity (Wildman–Crippen MR) is 138 cm³/mol. The molecule has 0 N–H and O–H groups in total. The first kappa shape index (κ1) is 23.0. The number of benzene rings is 4. The molecule has 0 nitrogen and oxygen atoms in total. The van der Waals surface area contributed by atoms with Crippen molar-refractivity contribution in [2.45, 2.75) is 20.8 Å². The van der Waals surface area contributed by atoms with Gasteiger partial charge in [-0.1, -0.05) is 105 Å². The highest BCUT2D eigenvalue weighted by Gasteiger charge is 2.05. The van der Waals surface area contributed by atoms with Crippen LogP contribution in [0, 0.1) is 5.82 Å². The molecule has 0 spiro atoms. The maximum Gasteiger partial charge on any atom is 0.123 e. The number of allylic oxidation sites excluding steroid dienone is 3. The molecule has 1 heteroatoms. The van der Waals surface area contributed by atoms with Gasteiger partial charge >= 0.3 is 0 Å². The lowest BCUT2D eigenvalue weighted by Gasteiger charge is -2.09. The van der Waals surface area contributed by atoms with E-state index in [1.54, 1.807) is 12.1 Å². The van der Waals surface area contributed by atoms with Gasteiger partial charge in [0.15, 0.2) is 0 Å². The second-order valence-electron chi connectivity index (χ2n) is 7.20. The minimum absolute atomic E-state index is 0.221. The summed E-state index contributed by atoms with van der Waals surface area (Å²) in [7, 11) is 0. The molecule has 0 amide bonds. The average Bonchev–Trinajstić information content (AvgIpc) is 2.87. The van der Waals surface area contributed by atoms with Gasteiger partial charge in [-0.15, -0.1) is 0 Å². The second-order valence-corrected chi connectivity index (χ2v) is 7.20. The summed E-state index contributed by atoms with van der Waals surface area (Å²) < 4.78 is 13.6. The molecule has 0 aromatic heterocycles. The molecule has 0 aliphatic rings. The molecule has 0 fully saturated rings. The Bertz CT molecular complexity index is 1210. The van der Waals surface area contributed by atoms with E-state index in [4.69, 9.17) is 0 Å². The maximum absolute atomic E-state index is 13.6. The van der Waals surface area contributed by atoms with Crippen LogP contribution in [0.4, 0.5) is 4.39 Å². The van der Waals surface area contributed by atoms with E-state index in [9.17, 15) is 4.39 Å². The zero-order valence-electron chi connectivity index (χ0n) is 19.0. The molecule has 160 valence electrons. The molecule has 32 heavy (non-hydrogen) atoms. The summed E-state index contributed by atoms with van der Waals surface area (Å²) >= 11 is 0. The summed E-state index contributed by atoms with van der Waals surface area (Å²) in [6.07, 6.45) is 3.94. The Morgan fingerprint density at radius 1 is 0.625 bits per heavy atom. The molecule has 0 aliphatic carbocycles. The lowest BCUT2D eigenvalue weighted by molar-refractivity contribution is 0.628. The first-order valence-electron chi connectivity index (χ1n) is 11.0. The smallest absolute Gasteiger partial charge is 0.123 e. The first-order chi connectivity index (χ1) is 15.7. The van der Waals surface area contributed by atoms with Gasteiger partial charge in [-0.2, -0.15) is 0 Å².